The van der Waals surface area contributed by atoms with Gasteiger partial charge in [-0.1, -0.05) is 6.07 Å². The normalized spacial score (nSPS) is 13.6. The number of hydrogen-bond acceptors (Lipinski definition) is 12. The number of amides is 4. The molecule has 0 aliphatic carbocycles. The number of benzene rings is 1. The smallest absolute Gasteiger partial charge is 0.326 e. The van der Waals surface area contributed by atoms with Crippen molar-refractivity contribution in [1.29, 1.82) is 0 Å². The van der Waals surface area contributed by atoms with Crippen molar-refractivity contribution in [3.8, 4) is 11.5 Å². The topological polar surface area (TPSA) is 269 Å². The first-order valence-corrected chi connectivity index (χ1v) is 11.9. The number of rotatable bonds is 18. The minimum atomic E-state index is -1.72. The molecule has 0 fully saturated rings. The van der Waals surface area contributed by atoms with Gasteiger partial charge in [0.1, 0.15) is 24.2 Å². The Morgan fingerprint density at radius 3 is 2.12 bits per heavy atom. The molecule has 0 bridgehead atoms. The highest BCUT2D eigenvalue weighted by molar-refractivity contribution is 6.00. The number of nitrogens with zero attached hydrogens (tertiary/aromatic N) is 2. The summed E-state index contributed by atoms with van der Waals surface area (Å²) in [6, 6.07) is -1.04. The molecular formula is C23H33N5O12. The zero-order valence-corrected chi connectivity index (χ0v) is 21.5. The first kappa shape index (κ1) is 33.5. The molecule has 40 heavy (non-hydrogen) atoms. The maximum Gasteiger partial charge on any atom is 0.326 e. The van der Waals surface area contributed by atoms with Crippen LogP contribution in [0.4, 0.5) is 0 Å². The molecule has 0 saturated heterocycles. The molecule has 4 atom stereocenters. The molecular weight excluding hydrogens is 538 g/mol. The van der Waals surface area contributed by atoms with Crippen LogP contribution < -0.4 is 16.4 Å². The molecule has 0 aromatic heterocycles. The van der Waals surface area contributed by atoms with Crippen molar-refractivity contribution in [1.82, 2.24) is 20.8 Å². The van der Waals surface area contributed by atoms with Crippen molar-refractivity contribution >= 4 is 36.6 Å². The number of esters is 1. The van der Waals surface area contributed by atoms with E-state index in [0.717, 1.165) is 12.1 Å². The molecule has 1 aromatic rings. The third kappa shape index (κ3) is 10.7. The highest BCUT2D eigenvalue weighted by Gasteiger charge is 2.34. The number of carbonyl (C=O) groups excluding carboxylic acids is 5. The van der Waals surface area contributed by atoms with E-state index in [4.69, 9.17) is 15.7 Å². The summed E-state index contributed by atoms with van der Waals surface area (Å²) in [7, 11) is 0. The Bertz CT molecular complexity index is 1060. The van der Waals surface area contributed by atoms with E-state index in [1.165, 1.54) is 13.0 Å². The fraction of sp³-hybridized carbons (Fsp3) is 0.478. The minimum absolute atomic E-state index is 0.0272. The summed E-state index contributed by atoms with van der Waals surface area (Å²) in [6.07, 6.45) is -1.34. The lowest BCUT2D eigenvalue weighted by Crippen LogP contribution is -2.57. The standard InChI is InChI=1S/C23H33N5O12/c1-13(40-23(37)15(24)6-3-9-27(38)11-29)18(26-20(33)14-5-2-8-17(31)19(14)32)21(34)25-16(22(35)36)7-4-10-28(39)12-30/h2,5,8,11-13,15-16,18,31-32,38-39H,3-4,6-7,9-10,24H2,1H3,(H,25,34)(H,26,33)(H,35,36)/t13-,15-,16-,18-/m0/s1. The number of phenolic OH excluding ortho intramolecular Hbond substituents is 2. The molecule has 17 nitrogen and oxygen atoms in total. The van der Waals surface area contributed by atoms with E-state index in [1.54, 1.807) is 0 Å². The van der Waals surface area contributed by atoms with Crippen LogP contribution in [-0.2, 0) is 28.7 Å². The van der Waals surface area contributed by atoms with Gasteiger partial charge in [0.25, 0.3) is 5.91 Å². The predicted octanol–water partition coefficient (Wildman–Crippen LogP) is -1.72. The van der Waals surface area contributed by atoms with Crippen LogP contribution in [0.1, 0.15) is 43.0 Å². The van der Waals surface area contributed by atoms with Gasteiger partial charge in [0.2, 0.25) is 18.7 Å². The fourth-order valence-electron chi connectivity index (χ4n) is 3.34. The molecule has 4 amide bonds. The van der Waals surface area contributed by atoms with Crippen molar-refractivity contribution in [3.63, 3.8) is 0 Å². The maximum atomic E-state index is 13.1. The Hall–Kier alpha value is -4.48. The fourth-order valence-corrected chi connectivity index (χ4v) is 3.34. The van der Waals surface area contributed by atoms with Gasteiger partial charge in [-0.05, 0) is 44.7 Å². The Labute approximate surface area is 228 Å². The van der Waals surface area contributed by atoms with Crippen molar-refractivity contribution in [2.24, 2.45) is 5.73 Å². The van der Waals surface area contributed by atoms with Crippen molar-refractivity contribution < 1.29 is 59.2 Å². The predicted molar refractivity (Wildman–Crippen MR) is 132 cm³/mol. The molecule has 0 heterocycles. The number of para-hydroxylation sites is 1. The number of aliphatic carboxylic acids is 1. The highest BCUT2D eigenvalue weighted by atomic mass is 16.5. The number of nitrogens with two attached hydrogens (primary N) is 1. The minimum Gasteiger partial charge on any atom is -0.504 e. The molecule has 222 valence electrons. The number of carboxylic acid groups (broad SMARTS) is 1. The summed E-state index contributed by atoms with van der Waals surface area (Å²) < 4.78 is 5.22. The van der Waals surface area contributed by atoms with E-state index < -0.39 is 65.0 Å². The molecule has 9 N–H and O–H groups in total. The van der Waals surface area contributed by atoms with Gasteiger partial charge in [0.05, 0.1) is 5.56 Å². The van der Waals surface area contributed by atoms with Gasteiger partial charge >= 0.3 is 11.9 Å². The Morgan fingerprint density at radius 1 is 1.00 bits per heavy atom. The Kier molecular flexibility index (Phi) is 13.8. The molecule has 0 aliphatic rings. The van der Waals surface area contributed by atoms with Gasteiger partial charge in [0.15, 0.2) is 11.5 Å². The first-order chi connectivity index (χ1) is 18.8. The summed E-state index contributed by atoms with van der Waals surface area (Å²) in [5.41, 5.74) is 5.33. The maximum absolute atomic E-state index is 13.1. The zero-order valence-electron chi connectivity index (χ0n) is 21.5. The summed E-state index contributed by atoms with van der Waals surface area (Å²) in [5.74, 6) is -6.10. The van der Waals surface area contributed by atoms with Crippen LogP contribution >= 0.6 is 0 Å². The van der Waals surface area contributed by atoms with Crippen molar-refractivity contribution in [2.45, 2.75) is 56.8 Å². The lowest BCUT2D eigenvalue weighted by atomic mass is 10.1. The SMILES string of the molecule is C[C@H](OC(=O)[C@@H](N)CCCN(O)C=O)[C@H](NC(=O)c1cccc(O)c1O)C(=O)N[C@@H](CCCN(O)C=O)C(=O)O. The van der Waals surface area contributed by atoms with Gasteiger partial charge in [-0.25, -0.2) is 14.9 Å². The van der Waals surface area contributed by atoms with Crippen LogP contribution in [0.15, 0.2) is 18.2 Å². The number of nitrogens with one attached hydrogen (secondary N) is 2. The zero-order chi connectivity index (χ0) is 30.4. The van der Waals surface area contributed by atoms with Gasteiger partial charge < -0.3 is 36.4 Å². The van der Waals surface area contributed by atoms with Gasteiger partial charge in [0, 0.05) is 13.1 Å². The van der Waals surface area contributed by atoms with Crippen LogP contribution in [0.3, 0.4) is 0 Å². The van der Waals surface area contributed by atoms with Crippen LogP contribution in [-0.4, -0.2) is 110 Å². The number of aromatic hydroxyl groups is 2. The van der Waals surface area contributed by atoms with E-state index in [0.29, 0.717) is 5.06 Å². The summed E-state index contributed by atoms with van der Waals surface area (Å²) in [5, 5.41) is 52.6. The average molecular weight is 572 g/mol. The second kappa shape index (κ2) is 16.5. The Morgan fingerprint density at radius 2 is 1.57 bits per heavy atom. The lowest BCUT2D eigenvalue weighted by molar-refractivity contribution is -0.154. The van der Waals surface area contributed by atoms with E-state index in [2.05, 4.69) is 10.6 Å². The largest absolute Gasteiger partial charge is 0.504 e. The lowest BCUT2D eigenvalue weighted by Gasteiger charge is -2.27. The summed E-state index contributed by atoms with van der Waals surface area (Å²) >= 11 is 0. The second-order valence-corrected chi connectivity index (χ2v) is 8.59. The Balaban J connectivity index is 3.08. The molecule has 1 aromatic carbocycles. The second-order valence-electron chi connectivity index (χ2n) is 8.59. The van der Waals surface area contributed by atoms with Crippen LogP contribution in [0.2, 0.25) is 0 Å². The van der Waals surface area contributed by atoms with Crippen molar-refractivity contribution in [3.05, 3.63) is 23.8 Å². The van der Waals surface area contributed by atoms with Gasteiger partial charge in [-0.15, -0.1) is 0 Å². The number of carboxylic acids is 1. The summed E-state index contributed by atoms with van der Waals surface area (Å²) in [4.78, 5) is 71.0. The van der Waals surface area contributed by atoms with Crippen LogP contribution in [0, 0.1) is 0 Å². The van der Waals surface area contributed by atoms with Crippen molar-refractivity contribution in [2.75, 3.05) is 13.1 Å². The van der Waals surface area contributed by atoms with Gasteiger partial charge in [-0.2, -0.15) is 0 Å². The monoisotopic (exact) mass is 571 g/mol. The molecule has 0 spiro atoms. The molecule has 0 saturated carbocycles. The molecule has 0 aliphatic heterocycles. The van der Waals surface area contributed by atoms with E-state index in [1.807, 2.05) is 0 Å². The summed E-state index contributed by atoms with van der Waals surface area (Å²) in [6.45, 7) is 0.863. The molecule has 17 heteroatoms. The molecule has 0 unspecified atom stereocenters. The quantitative estimate of drug-likeness (QED) is 0.0321. The average Bonchev–Trinajstić information content (AvgIpc) is 2.91. The van der Waals surface area contributed by atoms with E-state index in [-0.39, 0.29) is 56.7 Å². The number of phenols is 2. The number of hydroxylamine groups is 4. The molecule has 1 rings (SSSR count). The third-order valence-electron chi connectivity index (χ3n) is 5.54. The van der Waals surface area contributed by atoms with Gasteiger partial charge in [-0.3, -0.25) is 34.4 Å². The number of carbonyl (C=O) groups is 6. The third-order valence-corrected chi connectivity index (χ3v) is 5.54. The van der Waals surface area contributed by atoms with Crippen LogP contribution in [0.25, 0.3) is 0 Å². The number of ether oxygens (including phenoxy) is 1. The highest BCUT2D eigenvalue weighted by Crippen LogP contribution is 2.28. The van der Waals surface area contributed by atoms with Crippen LogP contribution in [0.5, 0.6) is 11.5 Å². The number of hydrogen-bond donors (Lipinski definition) is 8. The van der Waals surface area contributed by atoms with E-state index in [9.17, 15) is 49.3 Å². The molecule has 0 radical (unpaired) electrons. The van der Waals surface area contributed by atoms with E-state index >= 15 is 0 Å². The first-order valence-electron chi connectivity index (χ1n) is 11.9.